The van der Waals surface area contributed by atoms with Crippen LogP contribution in [0.25, 0.3) is 0 Å². The number of hydrogen-bond acceptors (Lipinski definition) is 4. The number of carbonyl (C=O) groups excluding carboxylic acids is 2. The number of esters is 1. The Morgan fingerprint density at radius 3 is 2.85 bits per heavy atom. The van der Waals surface area contributed by atoms with Gasteiger partial charge in [-0.15, -0.1) is 0 Å². The van der Waals surface area contributed by atoms with E-state index in [0.717, 1.165) is 0 Å². The molecule has 0 N–H and O–H groups in total. The van der Waals surface area contributed by atoms with Gasteiger partial charge in [-0.25, -0.2) is 4.79 Å². The molecule has 108 valence electrons. The highest BCUT2D eigenvalue weighted by molar-refractivity contribution is 6.01. The van der Waals surface area contributed by atoms with Crippen molar-refractivity contribution in [1.29, 1.82) is 0 Å². The third-order valence-corrected chi connectivity index (χ3v) is 3.35. The minimum Gasteiger partial charge on any atom is -0.495 e. The van der Waals surface area contributed by atoms with E-state index in [1.807, 2.05) is 12.1 Å². The topological polar surface area (TPSA) is 55.8 Å². The van der Waals surface area contributed by atoms with Crippen molar-refractivity contribution in [2.45, 2.75) is 32.2 Å². The van der Waals surface area contributed by atoms with E-state index in [1.165, 1.54) is 4.90 Å². The summed E-state index contributed by atoms with van der Waals surface area (Å²) in [4.78, 5) is 25.8. The Morgan fingerprint density at radius 2 is 2.15 bits per heavy atom. The Hall–Kier alpha value is -2.04. The predicted molar refractivity (Wildman–Crippen MR) is 74.8 cm³/mol. The number of anilines is 1. The molecule has 1 aromatic carbocycles. The summed E-state index contributed by atoms with van der Waals surface area (Å²) in [5, 5.41) is 0. The lowest BCUT2D eigenvalue weighted by Crippen LogP contribution is -2.49. The average Bonchev–Trinajstić information content (AvgIpc) is 2.47. The highest BCUT2D eigenvalue weighted by atomic mass is 16.5. The fraction of sp³-hybridized carbons (Fsp3) is 0.467. The fourth-order valence-corrected chi connectivity index (χ4v) is 2.46. The lowest BCUT2D eigenvalue weighted by atomic mass is 10.0. The third-order valence-electron chi connectivity index (χ3n) is 3.35. The molecule has 1 aliphatic rings. The first kappa shape index (κ1) is 14.4. The van der Waals surface area contributed by atoms with Crippen molar-refractivity contribution in [3.8, 4) is 5.75 Å². The van der Waals surface area contributed by atoms with Gasteiger partial charge >= 0.3 is 5.97 Å². The summed E-state index contributed by atoms with van der Waals surface area (Å²) in [5.41, 5.74) is 0.623. The molecule has 0 aliphatic carbocycles. The Labute approximate surface area is 118 Å². The number of nitrogens with zero attached hydrogens (tertiary/aromatic N) is 1. The molecule has 1 aromatic rings. The van der Waals surface area contributed by atoms with Gasteiger partial charge < -0.3 is 9.47 Å². The molecule has 1 unspecified atom stereocenters. The number of piperidine rings is 1. The highest BCUT2D eigenvalue weighted by Gasteiger charge is 2.36. The zero-order valence-electron chi connectivity index (χ0n) is 11.8. The van der Waals surface area contributed by atoms with Crippen LogP contribution in [0.5, 0.6) is 5.75 Å². The van der Waals surface area contributed by atoms with E-state index in [0.29, 0.717) is 37.3 Å². The number of hydrogen-bond donors (Lipinski definition) is 0. The van der Waals surface area contributed by atoms with Gasteiger partial charge in [0, 0.05) is 6.42 Å². The summed E-state index contributed by atoms with van der Waals surface area (Å²) < 4.78 is 10.4. The largest absolute Gasteiger partial charge is 0.495 e. The number of benzene rings is 1. The normalized spacial score (nSPS) is 18.8. The molecule has 1 aliphatic heterocycles. The average molecular weight is 277 g/mol. The molecule has 0 bridgehead atoms. The summed E-state index contributed by atoms with van der Waals surface area (Å²) in [6.07, 6.45) is 1.75. The zero-order chi connectivity index (χ0) is 14.5. The first-order valence-electron chi connectivity index (χ1n) is 6.80. The number of amides is 1. The van der Waals surface area contributed by atoms with Crippen molar-refractivity contribution in [3.05, 3.63) is 24.3 Å². The van der Waals surface area contributed by atoms with Crippen LogP contribution in [0.15, 0.2) is 24.3 Å². The van der Waals surface area contributed by atoms with Gasteiger partial charge in [-0.05, 0) is 31.9 Å². The molecule has 20 heavy (non-hydrogen) atoms. The quantitative estimate of drug-likeness (QED) is 0.791. The maximum Gasteiger partial charge on any atom is 0.329 e. The Morgan fingerprint density at radius 1 is 1.40 bits per heavy atom. The monoisotopic (exact) mass is 277 g/mol. The van der Waals surface area contributed by atoms with Gasteiger partial charge in [0.15, 0.2) is 0 Å². The van der Waals surface area contributed by atoms with Gasteiger partial charge in [0.05, 0.1) is 19.4 Å². The van der Waals surface area contributed by atoms with Gasteiger partial charge in [-0.2, -0.15) is 0 Å². The molecule has 0 aromatic heterocycles. The molecule has 1 atom stereocenters. The number of methoxy groups -OCH3 is 1. The standard InChI is InChI=1S/C15H19NO4/c1-3-20-15(18)12-8-6-10-14(17)16(12)11-7-4-5-9-13(11)19-2/h4-5,7,9,12H,3,6,8,10H2,1-2H3. The molecule has 0 spiro atoms. The van der Waals surface area contributed by atoms with Crippen LogP contribution in [0.1, 0.15) is 26.2 Å². The van der Waals surface area contributed by atoms with E-state index in [-0.39, 0.29) is 11.9 Å². The number of carbonyl (C=O) groups is 2. The van der Waals surface area contributed by atoms with Crippen LogP contribution in [0, 0.1) is 0 Å². The summed E-state index contributed by atoms with van der Waals surface area (Å²) in [5.74, 6) is 0.155. The van der Waals surface area contributed by atoms with Crippen molar-refractivity contribution in [3.63, 3.8) is 0 Å². The van der Waals surface area contributed by atoms with Crippen LogP contribution in [0.3, 0.4) is 0 Å². The molecule has 2 rings (SSSR count). The summed E-state index contributed by atoms with van der Waals surface area (Å²) in [7, 11) is 1.55. The molecule has 1 saturated heterocycles. The van der Waals surface area contributed by atoms with Crippen molar-refractivity contribution in [2.24, 2.45) is 0 Å². The smallest absolute Gasteiger partial charge is 0.329 e. The summed E-state index contributed by atoms with van der Waals surface area (Å²) in [6, 6.07) is 6.65. The summed E-state index contributed by atoms with van der Waals surface area (Å²) in [6.45, 7) is 2.07. The minimum absolute atomic E-state index is 0.0706. The molecule has 5 nitrogen and oxygen atoms in total. The summed E-state index contributed by atoms with van der Waals surface area (Å²) >= 11 is 0. The van der Waals surface area contributed by atoms with Crippen LogP contribution < -0.4 is 9.64 Å². The minimum atomic E-state index is -0.563. The molecule has 0 radical (unpaired) electrons. The third kappa shape index (κ3) is 2.76. The zero-order valence-corrected chi connectivity index (χ0v) is 11.8. The molecule has 1 fully saturated rings. The molecular weight excluding hydrogens is 258 g/mol. The van der Waals surface area contributed by atoms with E-state index in [4.69, 9.17) is 9.47 Å². The Kier molecular flexibility index (Phi) is 4.61. The van der Waals surface area contributed by atoms with E-state index >= 15 is 0 Å². The number of rotatable bonds is 4. The van der Waals surface area contributed by atoms with E-state index in [9.17, 15) is 9.59 Å². The first-order valence-corrected chi connectivity index (χ1v) is 6.80. The van der Waals surface area contributed by atoms with E-state index < -0.39 is 6.04 Å². The van der Waals surface area contributed by atoms with Gasteiger partial charge in [-0.1, -0.05) is 12.1 Å². The second-order valence-electron chi connectivity index (χ2n) is 4.60. The lowest BCUT2D eigenvalue weighted by Gasteiger charge is -2.34. The Bertz CT molecular complexity index is 500. The molecule has 1 amide bonds. The van der Waals surface area contributed by atoms with Crippen LogP contribution in [-0.2, 0) is 14.3 Å². The van der Waals surface area contributed by atoms with E-state index in [1.54, 1.807) is 26.2 Å². The van der Waals surface area contributed by atoms with Crippen molar-refractivity contribution >= 4 is 17.6 Å². The Balaban J connectivity index is 2.37. The lowest BCUT2D eigenvalue weighted by molar-refractivity contribution is -0.146. The van der Waals surface area contributed by atoms with Crippen LogP contribution in [-0.4, -0.2) is 31.6 Å². The van der Waals surface area contributed by atoms with E-state index in [2.05, 4.69) is 0 Å². The first-order chi connectivity index (χ1) is 9.69. The van der Waals surface area contributed by atoms with Gasteiger partial charge in [0.2, 0.25) is 5.91 Å². The van der Waals surface area contributed by atoms with Gasteiger partial charge in [-0.3, -0.25) is 9.69 Å². The number of para-hydroxylation sites is 2. The second kappa shape index (κ2) is 6.41. The maximum absolute atomic E-state index is 12.2. The van der Waals surface area contributed by atoms with Gasteiger partial charge in [0.1, 0.15) is 11.8 Å². The van der Waals surface area contributed by atoms with Crippen molar-refractivity contribution in [1.82, 2.24) is 0 Å². The van der Waals surface area contributed by atoms with Gasteiger partial charge in [0.25, 0.3) is 0 Å². The molecular formula is C15H19NO4. The SMILES string of the molecule is CCOC(=O)C1CCCC(=O)N1c1ccccc1OC. The molecule has 5 heteroatoms. The van der Waals surface area contributed by atoms with Crippen LogP contribution in [0.2, 0.25) is 0 Å². The van der Waals surface area contributed by atoms with Crippen molar-refractivity contribution < 1.29 is 19.1 Å². The number of ether oxygens (including phenoxy) is 2. The second-order valence-corrected chi connectivity index (χ2v) is 4.60. The molecule has 0 saturated carbocycles. The maximum atomic E-state index is 12.2. The molecule has 1 heterocycles. The van der Waals surface area contributed by atoms with Crippen LogP contribution >= 0.6 is 0 Å². The predicted octanol–water partition coefficient (Wildman–Crippen LogP) is 2.14. The van der Waals surface area contributed by atoms with Crippen LogP contribution in [0.4, 0.5) is 5.69 Å². The van der Waals surface area contributed by atoms with Crippen molar-refractivity contribution in [2.75, 3.05) is 18.6 Å². The fourth-order valence-electron chi connectivity index (χ4n) is 2.46. The highest BCUT2D eigenvalue weighted by Crippen LogP contribution is 2.33.